The summed E-state index contributed by atoms with van der Waals surface area (Å²) in [6.45, 7) is 7.03. The maximum atomic E-state index is 13.1. The highest BCUT2D eigenvalue weighted by Gasteiger charge is 2.41. The minimum atomic E-state index is -0.240. The Labute approximate surface area is 182 Å². The van der Waals surface area contributed by atoms with Crippen LogP contribution in [-0.2, 0) is 11.2 Å². The number of rotatable bonds is 9. The molecule has 1 aliphatic heterocycles. The average Bonchev–Trinajstić information content (AvgIpc) is 3.55. The van der Waals surface area contributed by atoms with Crippen molar-refractivity contribution in [3.63, 3.8) is 0 Å². The number of hydrogen-bond donors (Lipinski definition) is 0. The maximum Gasteiger partial charge on any atom is 0.327 e. The van der Waals surface area contributed by atoms with Gasteiger partial charge < -0.3 is 9.64 Å². The van der Waals surface area contributed by atoms with Crippen molar-refractivity contribution < 1.29 is 14.3 Å². The van der Waals surface area contributed by atoms with Crippen molar-refractivity contribution in [2.24, 2.45) is 5.92 Å². The van der Waals surface area contributed by atoms with Gasteiger partial charge in [-0.3, -0.25) is 14.7 Å². The number of urea groups is 1. The summed E-state index contributed by atoms with van der Waals surface area (Å²) < 4.78 is 5.38. The molecule has 0 bridgehead atoms. The second-order valence-electron chi connectivity index (χ2n) is 8.55. The van der Waals surface area contributed by atoms with Crippen LogP contribution in [0.1, 0.15) is 50.8 Å². The zero-order chi connectivity index (χ0) is 22.0. The van der Waals surface area contributed by atoms with E-state index < -0.39 is 0 Å². The molecule has 1 saturated carbocycles. The first-order valence-corrected chi connectivity index (χ1v) is 11.0. The number of nitrogens with zero attached hydrogens (tertiary/aromatic N) is 5. The molecule has 2 fully saturated rings. The summed E-state index contributed by atoms with van der Waals surface area (Å²) in [4.78, 5) is 42.1. The molecule has 4 rings (SSSR count). The van der Waals surface area contributed by atoms with Crippen LogP contribution in [0.15, 0.2) is 30.7 Å². The molecule has 0 aromatic carbocycles. The Balaban J connectivity index is 1.45. The molecule has 3 heterocycles. The summed E-state index contributed by atoms with van der Waals surface area (Å²) >= 11 is 0. The van der Waals surface area contributed by atoms with E-state index in [2.05, 4.69) is 28.8 Å². The van der Waals surface area contributed by atoms with E-state index in [9.17, 15) is 9.59 Å². The van der Waals surface area contributed by atoms with Crippen molar-refractivity contribution in [3.05, 3.63) is 42.0 Å². The first-order valence-electron chi connectivity index (χ1n) is 11.0. The number of carbonyl (C=O) groups excluding carboxylic acids is 2. The highest BCUT2D eigenvalue weighted by molar-refractivity contribution is 5.96. The lowest BCUT2D eigenvalue weighted by Crippen LogP contribution is -2.41. The lowest BCUT2D eigenvalue weighted by atomic mass is 10.0. The van der Waals surface area contributed by atoms with Gasteiger partial charge in [-0.2, -0.15) is 0 Å². The second kappa shape index (κ2) is 8.99. The number of Topliss-reactive ketones (excluding diaryl/α,β-unsaturated/α-hetero) is 1. The van der Waals surface area contributed by atoms with Gasteiger partial charge in [0.1, 0.15) is 0 Å². The Hall–Kier alpha value is -3.03. The van der Waals surface area contributed by atoms with Gasteiger partial charge >= 0.3 is 6.03 Å². The number of hydrogen-bond acceptors (Lipinski definition) is 6. The van der Waals surface area contributed by atoms with Gasteiger partial charge in [0.15, 0.2) is 11.5 Å². The fourth-order valence-corrected chi connectivity index (χ4v) is 3.99. The van der Waals surface area contributed by atoms with Crippen LogP contribution in [0.5, 0.6) is 5.75 Å². The smallest absolute Gasteiger partial charge is 0.327 e. The number of carbonyl (C=O) groups is 2. The van der Waals surface area contributed by atoms with Crippen LogP contribution in [0.4, 0.5) is 10.7 Å². The fourth-order valence-electron chi connectivity index (χ4n) is 3.99. The highest BCUT2D eigenvalue weighted by Crippen LogP contribution is 2.39. The predicted molar refractivity (Wildman–Crippen MR) is 116 cm³/mol. The van der Waals surface area contributed by atoms with Gasteiger partial charge in [-0.25, -0.2) is 14.8 Å². The maximum absolute atomic E-state index is 13.1. The molecule has 1 aliphatic carbocycles. The van der Waals surface area contributed by atoms with Crippen LogP contribution >= 0.6 is 0 Å². The minimum Gasteiger partial charge on any atom is -0.491 e. The number of amides is 2. The SMILES string of the molecule is CCOc1cnc(N2C[C@H](C(C)C)N(CC(=O)Cc3cc(C4CC4)ccn3)C2=O)nc1. The second-order valence-corrected chi connectivity index (χ2v) is 8.55. The number of anilines is 1. The van der Waals surface area contributed by atoms with E-state index in [1.165, 1.54) is 18.4 Å². The van der Waals surface area contributed by atoms with Crippen LogP contribution in [0.25, 0.3) is 0 Å². The Bertz CT molecular complexity index is 942. The summed E-state index contributed by atoms with van der Waals surface area (Å²) in [5, 5.41) is 0. The molecule has 1 saturated heterocycles. The fraction of sp³-hybridized carbons (Fsp3) is 0.522. The first-order chi connectivity index (χ1) is 15.0. The summed E-state index contributed by atoms with van der Waals surface area (Å²) in [7, 11) is 0. The van der Waals surface area contributed by atoms with E-state index in [-0.39, 0.29) is 36.7 Å². The van der Waals surface area contributed by atoms with Crippen LogP contribution < -0.4 is 9.64 Å². The molecular weight excluding hydrogens is 394 g/mol. The third kappa shape index (κ3) is 4.84. The zero-order valence-corrected chi connectivity index (χ0v) is 18.3. The van der Waals surface area contributed by atoms with E-state index in [1.54, 1.807) is 28.4 Å². The van der Waals surface area contributed by atoms with E-state index in [1.807, 2.05) is 19.1 Å². The van der Waals surface area contributed by atoms with Crippen LogP contribution in [0.2, 0.25) is 0 Å². The first kappa shape index (κ1) is 21.2. The van der Waals surface area contributed by atoms with Crippen molar-refractivity contribution in [3.8, 4) is 5.75 Å². The number of pyridine rings is 1. The Morgan fingerprint density at radius 2 is 1.97 bits per heavy atom. The molecule has 2 amide bonds. The Morgan fingerprint density at radius 3 is 2.61 bits per heavy atom. The van der Waals surface area contributed by atoms with E-state index >= 15 is 0 Å². The molecule has 0 N–H and O–H groups in total. The van der Waals surface area contributed by atoms with Crippen molar-refractivity contribution in [2.75, 3.05) is 24.6 Å². The van der Waals surface area contributed by atoms with Crippen LogP contribution in [0, 0.1) is 5.92 Å². The van der Waals surface area contributed by atoms with Gasteiger partial charge in [-0.1, -0.05) is 13.8 Å². The molecule has 8 heteroatoms. The molecule has 0 spiro atoms. The normalized spacial score (nSPS) is 18.7. The van der Waals surface area contributed by atoms with Gasteiger partial charge in [-0.15, -0.1) is 0 Å². The third-order valence-corrected chi connectivity index (χ3v) is 5.80. The summed E-state index contributed by atoms with van der Waals surface area (Å²) in [5.41, 5.74) is 2.03. The van der Waals surface area contributed by atoms with Crippen LogP contribution in [-0.4, -0.2) is 57.4 Å². The van der Waals surface area contributed by atoms with Gasteiger partial charge in [-0.05, 0) is 49.3 Å². The largest absolute Gasteiger partial charge is 0.491 e. The number of aromatic nitrogens is 3. The summed E-state index contributed by atoms with van der Waals surface area (Å²) in [6.07, 6.45) is 7.55. The minimum absolute atomic E-state index is 0.0195. The zero-order valence-electron chi connectivity index (χ0n) is 18.3. The van der Waals surface area contributed by atoms with Gasteiger partial charge in [0.2, 0.25) is 5.95 Å². The summed E-state index contributed by atoms with van der Waals surface area (Å²) in [5.74, 6) is 1.68. The number of ether oxygens (including phenoxy) is 1. The van der Waals surface area contributed by atoms with Crippen molar-refractivity contribution in [1.29, 1.82) is 0 Å². The monoisotopic (exact) mass is 423 g/mol. The Morgan fingerprint density at radius 1 is 1.23 bits per heavy atom. The quantitative estimate of drug-likeness (QED) is 0.615. The van der Waals surface area contributed by atoms with Crippen molar-refractivity contribution >= 4 is 17.8 Å². The van der Waals surface area contributed by atoms with E-state index in [0.29, 0.717) is 30.8 Å². The molecule has 8 nitrogen and oxygen atoms in total. The molecule has 0 radical (unpaired) electrons. The van der Waals surface area contributed by atoms with E-state index in [0.717, 1.165) is 5.69 Å². The topological polar surface area (TPSA) is 88.5 Å². The van der Waals surface area contributed by atoms with E-state index in [4.69, 9.17) is 4.74 Å². The average molecular weight is 424 g/mol. The predicted octanol–water partition coefficient (Wildman–Crippen LogP) is 3.23. The molecule has 2 aromatic rings. The lowest BCUT2D eigenvalue weighted by Gasteiger charge is -2.25. The molecule has 2 aromatic heterocycles. The third-order valence-electron chi connectivity index (χ3n) is 5.80. The lowest BCUT2D eigenvalue weighted by molar-refractivity contribution is -0.119. The highest BCUT2D eigenvalue weighted by atomic mass is 16.5. The molecule has 0 unspecified atom stereocenters. The van der Waals surface area contributed by atoms with Crippen LogP contribution in [0.3, 0.4) is 0 Å². The molecular formula is C23H29N5O3. The van der Waals surface area contributed by atoms with Crippen molar-refractivity contribution in [2.45, 2.75) is 52.0 Å². The Kier molecular flexibility index (Phi) is 6.15. The number of ketones is 1. The summed E-state index contributed by atoms with van der Waals surface area (Å²) in [6, 6.07) is 3.73. The standard InChI is InChI=1S/C23H29N5O3/c1-4-31-20-11-25-22(26-12-20)28-14-21(15(2)3)27(23(28)30)13-19(29)10-18-9-17(7-8-24-18)16-5-6-16/h7-9,11-12,15-16,21H,4-6,10,13-14H2,1-3H3/t21-/m1/s1. The molecule has 2 aliphatic rings. The van der Waals surface area contributed by atoms with Gasteiger partial charge in [0.25, 0.3) is 0 Å². The molecule has 31 heavy (non-hydrogen) atoms. The van der Waals surface area contributed by atoms with Crippen molar-refractivity contribution in [1.82, 2.24) is 19.9 Å². The molecule has 164 valence electrons. The molecule has 1 atom stereocenters. The van der Waals surface area contributed by atoms with Gasteiger partial charge in [0.05, 0.1) is 44.6 Å². The van der Waals surface area contributed by atoms with Gasteiger partial charge in [0, 0.05) is 11.9 Å².